The number of carbonyl (C=O) groups is 3. The first-order valence-electron chi connectivity index (χ1n) is 9.44. The standard InChI is InChI=1S/C18H27N5O3/c24-16-3-1-8-22(16)9-2-10-23-13-15(4-5-17(23)25)18(26)19-7-6-14-11-20-21-12-14/h11-12,15H,1-10,13H2,(H,19,26)(H,20,21)/t15-/m1/s1. The van der Waals surface area contributed by atoms with Gasteiger partial charge in [0.25, 0.3) is 0 Å². The van der Waals surface area contributed by atoms with Crippen molar-refractivity contribution in [1.82, 2.24) is 25.3 Å². The van der Waals surface area contributed by atoms with Crippen molar-refractivity contribution in [2.45, 2.75) is 38.5 Å². The van der Waals surface area contributed by atoms with Crippen LogP contribution in [0.4, 0.5) is 0 Å². The van der Waals surface area contributed by atoms with E-state index in [4.69, 9.17) is 0 Å². The van der Waals surface area contributed by atoms with E-state index in [1.807, 2.05) is 11.1 Å². The zero-order valence-corrected chi connectivity index (χ0v) is 15.1. The predicted octanol–water partition coefficient (Wildman–Crippen LogP) is 0.319. The fraction of sp³-hybridized carbons (Fsp3) is 0.667. The number of amides is 3. The Morgan fingerprint density at radius 3 is 2.77 bits per heavy atom. The van der Waals surface area contributed by atoms with Crippen LogP contribution in [0.3, 0.4) is 0 Å². The number of likely N-dealkylation sites (tertiary alicyclic amines) is 2. The molecule has 2 saturated heterocycles. The van der Waals surface area contributed by atoms with Crippen LogP contribution in [0.15, 0.2) is 12.4 Å². The Labute approximate surface area is 153 Å². The molecule has 3 amide bonds. The summed E-state index contributed by atoms with van der Waals surface area (Å²) in [6.45, 7) is 3.18. The van der Waals surface area contributed by atoms with Gasteiger partial charge in [-0.2, -0.15) is 5.10 Å². The van der Waals surface area contributed by atoms with Crippen molar-refractivity contribution in [3.63, 3.8) is 0 Å². The Morgan fingerprint density at radius 1 is 1.23 bits per heavy atom. The van der Waals surface area contributed by atoms with E-state index >= 15 is 0 Å². The molecule has 8 nitrogen and oxygen atoms in total. The number of carbonyl (C=O) groups excluding carboxylic acids is 3. The van der Waals surface area contributed by atoms with Crippen molar-refractivity contribution in [3.05, 3.63) is 18.0 Å². The van der Waals surface area contributed by atoms with Gasteiger partial charge in [-0.05, 0) is 31.2 Å². The van der Waals surface area contributed by atoms with E-state index in [1.165, 1.54) is 0 Å². The minimum atomic E-state index is -0.148. The lowest BCUT2D eigenvalue weighted by molar-refractivity contribution is -0.138. The van der Waals surface area contributed by atoms with E-state index in [9.17, 15) is 14.4 Å². The van der Waals surface area contributed by atoms with Crippen LogP contribution in [0, 0.1) is 5.92 Å². The molecule has 1 aromatic heterocycles. The molecule has 0 bridgehead atoms. The Bertz CT molecular complexity index is 631. The number of aromatic nitrogens is 2. The summed E-state index contributed by atoms with van der Waals surface area (Å²) in [6, 6.07) is 0. The Hall–Kier alpha value is -2.38. The smallest absolute Gasteiger partial charge is 0.224 e. The van der Waals surface area contributed by atoms with Crippen molar-refractivity contribution in [2.75, 3.05) is 32.7 Å². The van der Waals surface area contributed by atoms with Gasteiger partial charge in [0.15, 0.2) is 0 Å². The molecule has 0 saturated carbocycles. The molecule has 0 radical (unpaired) electrons. The largest absolute Gasteiger partial charge is 0.355 e. The van der Waals surface area contributed by atoms with E-state index in [0.29, 0.717) is 45.4 Å². The van der Waals surface area contributed by atoms with Gasteiger partial charge in [-0.3, -0.25) is 19.5 Å². The third-order valence-corrected chi connectivity index (χ3v) is 5.17. The molecule has 1 atom stereocenters. The average molecular weight is 361 g/mol. The first kappa shape index (κ1) is 18.4. The maximum absolute atomic E-state index is 12.4. The van der Waals surface area contributed by atoms with Gasteiger partial charge >= 0.3 is 0 Å². The first-order valence-corrected chi connectivity index (χ1v) is 9.44. The second-order valence-electron chi connectivity index (χ2n) is 7.06. The molecule has 0 aromatic carbocycles. The number of aromatic amines is 1. The summed E-state index contributed by atoms with van der Waals surface area (Å²) in [4.78, 5) is 39.8. The van der Waals surface area contributed by atoms with Crippen molar-refractivity contribution < 1.29 is 14.4 Å². The Kier molecular flexibility index (Phi) is 6.25. The topological polar surface area (TPSA) is 98.4 Å². The van der Waals surface area contributed by atoms with Gasteiger partial charge in [0.05, 0.1) is 12.1 Å². The zero-order chi connectivity index (χ0) is 18.4. The summed E-state index contributed by atoms with van der Waals surface area (Å²) >= 11 is 0. The number of nitrogens with zero attached hydrogens (tertiary/aromatic N) is 3. The van der Waals surface area contributed by atoms with E-state index < -0.39 is 0 Å². The summed E-state index contributed by atoms with van der Waals surface area (Å²) in [5.74, 6) is 0.191. The van der Waals surface area contributed by atoms with Gasteiger partial charge in [-0.25, -0.2) is 0 Å². The molecule has 2 aliphatic rings. The summed E-state index contributed by atoms with van der Waals surface area (Å²) < 4.78 is 0. The minimum Gasteiger partial charge on any atom is -0.355 e. The lowest BCUT2D eigenvalue weighted by atomic mass is 9.96. The van der Waals surface area contributed by atoms with Crippen LogP contribution in [0.25, 0.3) is 0 Å². The molecule has 0 aliphatic carbocycles. The van der Waals surface area contributed by atoms with E-state index in [0.717, 1.165) is 31.4 Å². The number of hydrogen-bond acceptors (Lipinski definition) is 4. The highest BCUT2D eigenvalue weighted by atomic mass is 16.2. The van der Waals surface area contributed by atoms with Gasteiger partial charge in [-0.1, -0.05) is 0 Å². The number of piperidine rings is 1. The van der Waals surface area contributed by atoms with Crippen LogP contribution in [0.5, 0.6) is 0 Å². The SMILES string of the molecule is O=C(NCCc1cn[nH]c1)[C@@H]1CCC(=O)N(CCCN2CCCC2=O)C1. The fourth-order valence-electron chi connectivity index (χ4n) is 3.63. The predicted molar refractivity (Wildman–Crippen MR) is 95.0 cm³/mol. The quantitative estimate of drug-likeness (QED) is 0.697. The van der Waals surface area contributed by atoms with Crippen LogP contribution in [0.1, 0.15) is 37.7 Å². The average Bonchev–Trinajstić information content (AvgIpc) is 3.28. The van der Waals surface area contributed by atoms with E-state index in [1.54, 1.807) is 11.1 Å². The number of hydrogen-bond donors (Lipinski definition) is 2. The second-order valence-corrected chi connectivity index (χ2v) is 7.06. The highest BCUT2D eigenvalue weighted by Crippen LogP contribution is 2.18. The molecule has 0 spiro atoms. The normalized spacial score (nSPS) is 20.7. The van der Waals surface area contributed by atoms with Crippen molar-refractivity contribution in [1.29, 1.82) is 0 Å². The highest BCUT2D eigenvalue weighted by Gasteiger charge is 2.30. The third kappa shape index (κ3) is 4.83. The lowest BCUT2D eigenvalue weighted by Crippen LogP contribution is -2.46. The molecule has 1 aromatic rings. The van der Waals surface area contributed by atoms with Gasteiger partial charge in [0, 0.05) is 51.8 Å². The summed E-state index contributed by atoms with van der Waals surface area (Å²) in [7, 11) is 0. The van der Waals surface area contributed by atoms with Crippen LogP contribution >= 0.6 is 0 Å². The van der Waals surface area contributed by atoms with Gasteiger partial charge in [-0.15, -0.1) is 0 Å². The summed E-state index contributed by atoms with van der Waals surface area (Å²) in [6.07, 6.45) is 7.68. The molecule has 0 unspecified atom stereocenters. The molecule has 3 heterocycles. The van der Waals surface area contributed by atoms with Crippen molar-refractivity contribution in [2.24, 2.45) is 5.92 Å². The molecule has 8 heteroatoms. The van der Waals surface area contributed by atoms with Crippen molar-refractivity contribution >= 4 is 17.7 Å². The van der Waals surface area contributed by atoms with Gasteiger partial charge in [0.2, 0.25) is 17.7 Å². The molecule has 2 fully saturated rings. The lowest BCUT2D eigenvalue weighted by Gasteiger charge is -2.32. The maximum Gasteiger partial charge on any atom is 0.224 e. The van der Waals surface area contributed by atoms with Crippen molar-refractivity contribution in [3.8, 4) is 0 Å². The fourth-order valence-corrected chi connectivity index (χ4v) is 3.63. The molecule has 3 rings (SSSR count). The van der Waals surface area contributed by atoms with Gasteiger partial charge in [0.1, 0.15) is 0 Å². The molecule has 2 N–H and O–H groups in total. The molecular formula is C18H27N5O3. The van der Waals surface area contributed by atoms with Crippen LogP contribution in [-0.2, 0) is 20.8 Å². The van der Waals surface area contributed by atoms with Gasteiger partial charge < -0.3 is 15.1 Å². The molecule has 26 heavy (non-hydrogen) atoms. The zero-order valence-electron chi connectivity index (χ0n) is 15.1. The number of rotatable bonds is 8. The number of H-pyrrole nitrogens is 1. The third-order valence-electron chi connectivity index (χ3n) is 5.17. The van der Waals surface area contributed by atoms with Crippen LogP contribution in [0.2, 0.25) is 0 Å². The Morgan fingerprint density at radius 2 is 2.04 bits per heavy atom. The Balaban J connectivity index is 1.39. The molecule has 2 aliphatic heterocycles. The first-order chi connectivity index (χ1) is 12.6. The van der Waals surface area contributed by atoms with E-state index in [2.05, 4.69) is 15.5 Å². The van der Waals surface area contributed by atoms with Crippen LogP contribution < -0.4 is 5.32 Å². The maximum atomic E-state index is 12.4. The molecule has 142 valence electrons. The summed E-state index contributed by atoms with van der Waals surface area (Å²) in [5, 5.41) is 9.60. The second kappa shape index (κ2) is 8.82. The van der Waals surface area contributed by atoms with E-state index in [-0.39, 0.29) is 23.6 Å². The van der Waals surface area contributed by atoms with Crippen LogP contribution in [-0.4, -0.2) is 70.4 Å². The number of nitrogens with one attached hydrogen (secondary N) is 2. The summed E-state index contributed by atoms with van der Waals surface area (Å²) in [5.41, 5.74) is 1.06. The minimum absolute atomic E-state index is 0.0146. The monoisotopic (exact) mass is 361 g/mol. The molecular weight excluding hydrogens is 334 g/mol. The highest BCUT2D eigenvalue weighted by molar-refractivity contribution is 5.83.